The minimum Gasteiger partial charge on any atom is -0.372 e. The summed E-state index contributed by atoms with van der Waals surface area (Å²) in [5.74, 6) is 0. The van der Waals surface area contributed by atoms with Gasteiger partial charge in [0.15, 0.2) is 6.29 Å². The van der Waals surface area contributed by atoms with Crippen molar-refractivity contribution >= 4 is 21.6 Å². The Kier molecular flexibility index (Phi) is 9.02. The Labute approximate surface area is 149 Å². The first-order valence-corrected chi connectivity index (χ1v) is 9.82. The van der Waals surface area contributed by atoms with Crippen molar-refractivity contribution in [1.82, 2.24) is 0 Å². The quantitative estimate of drug-likeness (QED) is 0.506. The molecule has 1 heterocycles. The fraction of sp³-hybridized carbons (Fsp3) is 0.684. The van der Waals surface area contributed by atoms with Gasteiger partial charge in [-0.15, -0.1) is 0 Å². The molecule has 4 heteroatoms. The van der Waals surface area contributed by atoms with Crippen molar-refractivity contribution in [2.24, 2.45) is 0 Å². The number of benzene rings is 1. The zero-order valence-electron chi connectivity index (χ0n) is 14.3. The van der Waals surface area contributed by atoms with E-state index in [-0.39, 0.29) is 6.29 Å². The van der Waals surface area contributed by atoms with Crippen LogP contribution in [0.4, 0.5) is 5.69 Å². The Balaban J connectivity index is 1.52. The van der Waals surface area contributed by atoms with Crippen molar-refractivity contribution in [3.63, 3.8) is 0 Å². The molecule has 0 amide bonds. The van der Waals surface area contributed by atoms with Gasteiger partial charge in [-0.2, -0.15) is 0 Å². The van der Waals surface area contributed by atoms with Gasteiger partial charge >= 0.3 is 0 Å². The van der Waals surface area contributed by atoms with Crippen molar-refractivity contribution in [2.45, 2.75) is 58.2 Å². The molecule has 0 radical (unpaired) electrons. The molecule has 3 nitrogen and oxygen atoms in total. The van der Waals surface area contributed by atoms with Crippen molar-refractivity contribution in [1.29, 1.82) is 0 Å². The molecule has 0 bridgehead atoms. The Morgan fingerprint density at radius 1 is 1.13 bits per heavy atom. The second-order valence-electron chi connectivity index (χ2n) is 6.14. The van der Waals surface area contributed by atoms with Crippen LogP contribution < -0.4 is 4.90 Å². The van der Waals surface area contributed by atoms with Gasteiger partial charge in [-0.1, -0.05) is 28.8 Å². The summed E-state index contributed by atoms with van der Waals surface area (Å²) in [5, 5.41) is 0. The highest BCUT2D eigenvalue weighted by molar-refractivity contribution is 9.10. The van der Waals surface area contributed by atoms with Crippen molar-refractivity contribution < 1.29 is 9.47 Å². The summed E-state index contributed by atoms with van der Waals surface area (Å²) in [6, 6.07) is 8.60. The molecule has 0 aliphatic carbocycles. The second-order valence-corrected chi connectivity index (χ2v) is 7.05. The Bertz CT molecular complexity index is 418. The minimum atomic E-state index is 0.0664. The second kappa shape index (κ2) is 11.1. The molecule has 1 saturated heterocycles. The van der Waals surface area contributed by atoms with Gasteiger partial charge in [-0.25, -0.2) is 0 Å². The molecule has 0 spiro atoms. The summed E-state index contributed by atoms with van der Waals surface area (Å²) >= 11 is 3.49. The first-order chi connectivity index (χ1) is 11.3. The first kappa shape index (κ1) is 18.8. The van der Waals surface area contributed by atoms with E-state index >= 15 is 0 Å². The third kappa shape index (κ3) is 7.23. The van der Waals surface area contributed by atoms with Gasteiger partial charge in [0, 0.05) is 36.5 Å². The van der Waals surface area contributed by atoms with Crippen LogP contribution in [-0.4, -0.2) is 32.6 Å². The number of rotatable bonds is 10. The third-order valence-corrected chi connectivity index (χ3v) is 4.87. The monoisotopic (exact) mass is 383 g/mol. The highest BCUT2D eigenvalue weighted by atomic mass is 79.9. The normalized spacial score (nSPS) is 18.1. The van der Waals surface area contributed by atoms with E-state index in [0.29, 0.717) is 0 Å². The van der Waals surface area contributed by atoms with E-state index in [1.54, 1.807) is 0 Å². The average Bonchev–Trinajstić information content (AvgIpc) is 2.59. The van der Waals surface area contributed by atoms with E-state index in [9.17, 15) is 0 Å². The van der Waals surface area contributed by atoms with Crippen LogP contribution in [0.1, 0.15) is 51.9 Å². The van der Waals surface area contributed by atoms with Gasteiger partial charge in [0.2, 0.25) is 0 Å². The molecular weight excluding hydrogens is 354 g/mol. The molecule has 1 atom stereocenters. The standard InChI is InChI=1S/C19H30BrNO2/c1-2-21(18-12-10-17(20)11-13-18)14-6-3-4-7-15-22-19-9-5-8-16-23-19/h10-13,19H,2-9,14-16H2,1H3. The molecule has 0 saturated carbocycles. The van der Waals surface area contributed by atoms with Crippen LogP contribution in [-0.2, 0) is 9.47 Å². The molecule has 130 valence electrons. The van der Waals surface area contributed by atoms with Crippen molar-refractivity contribution in [3.05, 3.63) is 28.7 Å². The molecule has 1 fully saturated rings. The number of hydrogen-bond acceptors (Lipinski definition) is 3. The summed E-state index contributed by atoms with van der Waals surface area (Å²) in [7, 11) is 0. The maximum atomic E-state index is 5.78. The van der Waals surface area contributed by atoms with Crippen LogP contribution in [0.5, 0.6) is 0 Å². The van der Waals surface area contributed by atoms with Gasteiger partial charge in [-0.3, -0.25) is 0 Å². The molecule has 1 unspecified atom stereocenters. The fourth-order valence-corrected chi connectivity index (χ4v) is 3.20. The van der Waals surface area contributed by atoms with Gasteiger partial charge in [0.1, 0.15) is 0 Å². The smallest absolute Gasteiger partial charge is 0.157 e. The van der Waals surface area contributed by atoms with Gasteiger partial charge < -0.3 is 14.4 Å². The molecule has 2 rings (SSSR count). The van der Waals surface area contributed by atoms with Gasteiger partial charge in [-0.05, 0) is 63.3 Å². The first-order valence-electron chi connectivity index (χ1n) is 9.03. The van der Waals surface area contributed by atoms with Gasteiger partial charge in [0.25, 0.3) is 0 Å². The maximum Gasteiger partial charge on any atom is 0.157 e. The van der Waals surface area contributed by atoms with E-state index in [0.717, 1.165) is 43.6 Å². The number of unbranched alkanes of at least 4 members (excludes halogenated alkanes) is 3. The van der Waals surface area contributed by atoms with Crippen LogP contribution in [0.15, 0.2) is 28.7 Å². The van der Waals surface area contributed by atoms with E-state index in [1.165, 1.54) is 37.8 Å². The van der Waals surface area contributed by atoms with Crippen LogP contribution in [0.3, 0.4) is 0 Å². The molecular formula is C19H30BrNO2. The largest absolute Gasteiger partial charge is 0.372 e. The molecule has 1 aromatic rings. The molecule has 23 heavy (non-hydrogen) atoms. The molecule has 1 aliphatic rings. The van der Waals surface area contributed by atoms with E-state index in [2.05, 4.69) is 52.0 Å². The average molecular weight is 384 g/mol. The van der Waals surface area contributed by atoms with E-state index in [1.807, 2.05) is 0 Å². The summed E-state index contributed by atoms with van der Waals surface area (Å²) < 4.78 is 12.5. The fourth-order valence-electron chi connectivity index (χ4n) is 2.94. The molecule has 0 N–H and O–H groups in total. The van der Waals surface area contributed by atoms with Crippen LogP contribution >= 0.6 is 15.9 Å². The summed E-state index contributed by atoms with van der Waals surface area (Å²) in [4.78, 5) is 2.44. The lowest BCUT2D eigenvalue weighted by Gasteiger charge is -2.23. The third-order valence-electron chi connectivity index (χ3n) is 4.34. The highest BCUT2D eigenvalue weighted by Crippen LogP contribution is 2.19. The molecule has 1 aromatic carbocycles. The molecule has 1 aliphatic heterocycles. The lowest BCUT2D eigenvalue weighted by Crippen LogP contribution is -2.24. The topological polar surface area (TPSA) is 21.7 Å². The van der Waals surface area contributed by atoms with Crippen LogP contribution in [0, 0.1) is 0 Å². The minimum absolute atomic E-state index is 0.0664. The predicted molar refractivity (Wildman–Crippen MR) is 100 cm³/mol. The maximum absolute atomic E-state index is 5.78. The van der Waals surface area contributed by atoms with Crippen molar-refractivity contribution in [3.8, 4) is 0 Å². The number of hydrogen-bond donors (Lipinski definition) is 0. The molecule has 0 aromatic heterocycles. The van der Waals surface area contributed by atoms with Crippen LogP contribution in [0.2, 0.25) is 0 Å². The summed E-state index contributed by atoms with van der Waals surface area (Å²) in [5.41, 5.74) is 1.31. The SMILES string of the molecule is CCN(CCCCCCOC1CCCCO1)c1ccc(Br)cc1. The summed E-state index contributed by atoms with van der Waals surface area (Å²) in [6.45, 7) is 6.12. The lowest BCUT2D eigenvalue weighted by molar-refractivity contribution is -0.162. The van der Waals surface area contributed by atoms with E-state index < -0.39 is 0 Å². The van der Waals surface area contributed by atoms with Gasteiger partial charge in [0.05, 0.1) is 0 Å². The lowest BCUT2D eigenvalue weighted by atomic mass is 10.2. The highest BCUT2D eigenvalue weighted by Gasteiger charge is 2.13. The van der Waals surface area contributed by atoms with Crippen LogP contribution in [0.25, 0.3) is 0 Å². The number of ether oxygens (including phenoxy) is 2. The predicted octanol–water partition coefficient (Wildman–Crippen LogP) is 5.38. The number of anilines is 1. The Morgan fingerprint density at radius 2 is 1.91 bits per heavy atom. The summed E-state index contributed by atoms with van der Waals surface area (Å²) in [6.07, 6.45) is 8.45. The zero-order chi connectivity index (χ0) is 16.3. The Morgan fingerprint density at radius 3 is 2.61 bits per heavy atom. The van der Waals surface area contributed by atoms with E-state index in [4.69, 9.17) is 9.47 Å². The number of nitrogens with zero attached hydrogens (tertiary/aromatic N) is 1. The van der Waals surface area contributed by atoms with Crippen molar-refractivity contribution in [2.75, 3.05) is 31.2 Å². The Hall–Kier alpha value is -0.580. The zero-order valence-corrected chi connectivity index (χ0v) is 15.9. The number of halogens is 1.